The van der Waals surface area contributed by atoms with Crippen molar-refractivity contribution in [3.63, 3.8) is 0 Å². The van der Waals surface area contributed by atoms with Gasteiger partial charge in [0.2, 0.25) is 0 Å². The number of nitrogens with zero attached hydrogens (tertiary/aromatic N) is 3. The zero-order chi connectivity index (χ0) is 17.9. The number of hydrogen-bond acceptors (Lipinski definition) is 4. The van der Waals surface area contributed by atoms with Gasteiger partial charge in [0, 0.05) is 51.9 Å². The molecule has 4 rings (SSSR count). The van der Waals surface area contributed by atoms with Gasteiger partial charge in [0.1, 0.15) is 0 Å². The summed E-state index contributed by atoms with van der Waals surface area (Å²) < 4.78 is 0. The molecule has 0 aromatic heterocycles. The van der Waals surface area contributed by atoms with Gasteiger partial charge in [-0.2, -0.15) is 0 Å². The van der Waals surface area contributed by atoms with Gasteiger partial charge in [0.05, 0.1) is 16.8 Å². The van der Waals surface area contributed by atoms with E-state index in [0.717, 1.165) is 56.5 Å². The predicted octanol–water partition coefficient (Wildman–Crippen LogP) is 2.71. The highest BCUT2D eigenvalue weighted by Crippen LogP contribution is 2.27. The number of aliphatic hydroxyl groups is 1. The maximum absolute atomic E-state index is 10.6. The van der Waals surface area contributed by atoms with E-state index in [-0.39, 0.29) is 12.1 Å². The van der Waals surface area contributed by atoms with Crippen molar-refractivity contribution in [3.05, 3.63) is 65.2 Å². The SMILES string of the molecule is OC1CN(Cc2ccccc2)C[C@@H]1N1CCN(c2ccccc2Cl)CC1. The summed E-state index contributed by atoms with van der Waals surface area (Å²) in [7, 11) is 0. The molecule has 0 aliphatic carbocycles. The number of hydrogen-bond donors (Lipinski definition) is 1. The lowest BCUT2D eigenvalue weighted by Gasteiger charge is -2.40. The molecule has 1 unspecified atom stereocenters. The Bertz CT molecular complexity index is 718. The zero-order valence-corrected chi connectivity index (χ0v) is 15.7. The van der Waals surface area contributed by atoms with Crippen LogP contribution in [0.15, 0.2) is 54.6 Å². The second-order valence-electron chi connectivity index (χ2n) is 7.29. The van der Waals surface area contributed by atoms with Crippen LogP contribution in [0.2, 0.25) is 5.02 Å². The van der Waals surface area contributed by atoms with Crippen LogP contribution < -0.4 is 4.90 Å². The Morgan fingerprint density at radius 2 is 1.58 bits per heavy atom. The molecule has 2 fully saturated rings. The van der Waals surface area contributed by atoms with Crippen molar-refractivity contribution in [2.24, 2.45) is 0 Å². The van der Waals surface area contributed by atoms with Gasteiger partial charge in [-0.15, -0.1) is 0 Å². The molecule has 2 aromatic rings. The van der Waals surface area contributed by atoms with Crippen LogP contribution in [-0.2, 0) is 6.54 Å². The summed E-state index contributed by atoms with van der Waals surface area (Å²) in [5.74, 6) is 0. The van der Waals surface area contributed by atoms with Crippen molar-refractivity contribution >= 4 is 17.3 Å². The van der Waals surface area contributed by atoms with E-state index >= 15 is 0 Å². The molecule has 5 heteroatoms. The Balaban J connectivity index is 1.34. The van der Waals surface area contributed by atoms with E-state index < -0.39 is 0 Å². The summed E-state index contributed by atoms with van der Waals surface area (Å²) in [4.78, 5) is 7.16. The van der Waals surface area contributed by atoms with Crippen molar-refractivity contribution in [1.82, 2.24) is 9.80 Å². The average molecular weight is 372 g/mol. The number of β-amino-alcohol motifs (C(OH)–C–C–N with tert-alkyl or cyclic N) is 1. The van der Waals surface area contributed by atoms with Crippen molar-refractivity contribution < 1.29 is 5.11 Å². The highest BCUT2D eigenvalue weighted by Gasteiger charge is 2.36. The van der Waals surface area contributed by atoms with Crippen LogP contribution in [0.5, 0.6) is 0 Å². The van der Waals surface area contributed by atoms with Gasteiger partial charge in [0.25, 0.3) is 0 Å². The number of aliphatic hydroxyl groups excluding tert-OH is 1. The lowest BCUT2D eigenvalue weighted by atomic mass is 10.1. The summed E-state index contributed by atoms with van der Waals surface area (Å²) in [6, 6.07) is 18.8. The van der Waals surface area contributed by atoms with Crippen LogP contribution in [0.3, 0.4) is 0 Å². The monoisotopic (exact) mass is 371 g/mol. The second-order valence-corrected chi connectivity index (χ2v) is 7.70. The second kappa shape index (κ2) is 7.97. The number of likely N-dealkylation sites (tertiary alicyclic amines) is 1. The molecule has 0 saturated carbocycles. The Morgan fingerprint density at radius 1 is 0.885 bits per heavy atom. The molecule has 1 N–H and O–H groups in total. The first-order valence-electron chi connectivity index (χ1n) is 9.38. The topological polar surface area (TPSA) is 30.0 Å². The first-order valence-corrected chi connectivity index (χ1v) is 9.76. The summed E-state index contributed by atoms with van der Waals surface area (Å²) in [6.45, 7) is 6.43. The summed E-state index contributed by atoms with van der Waals surface area (Å²) in [6.07, 6.45) is -0.273. The van der Waals surface area contributed by atoms with Gasteiger partial charge >= 0.3 is 0 Å². The number of benzene rings is 2. The van der Waals surface area contributed by atoms with Crippen molar-refractivity contribution in [2.75, 3.05) is 44.2 Å². The molecule has 0 bridgehead atoms. The van der Waals surface area contributed by atoms with Crippen LogP contribution in [0.1, 0.15) is 5.56 Å². The molecule has 0 amide bonds. The van der Waals surface area contributed by atoms with E-state index in [1.807, 2.05) is 24.3 Å². The molecule has 0 radical (unpaired) electrons. The van der Waals surface area contributed by atoms with E-state index in [9.17, 15) is 5.11 Å². The molecule has 2 aliphatic heterocycles. The maximum Gasteiger partial charge on any atom is 0.0834 e. The molecule has 2 aromatic carbocycles. The fourth-order valence-electron chi connectivity index (χ4n) is 4.18. The largest absolute Gasteiger partial charge is 0.390 e. The molecule has 138 valence electrons. The van der Waals surface area contributed by atoms with E-state index in [0.29, 0.717) is 0 Å². The minimum Gasteiger partial charge on any atom is -0.390 e. The highest BCUT2D eigenvalue weighted by atomic mass is 35.5. The molecule has 4 nitrogen and oxygen atoms in total. The molecule has 2 saturated heterocycles. The standard InChI is InChI=1S/C21H26ClN3O/c22-18-8-4-5-9-19(18)24-10-12-25(13-11-24)20-15-23(16-21(20)26)14-17-6-2-1-3-7-17/h1-9,20-21,26H,10-16H2/t20-,21?/m0/s1. The number of rotatable bonds is 4. The lowest BCUT2D eigenvalue weighted by molar-refractivity contribution is 0.0791. The predicted molar refractivity (Wildman–Crippen MR) is 107 cm³/mol. The molecule has 26 heavy (non-hydrogen) atoms. The first-order chi connectivity index (χ1) is 12.7. The third-order valence-corrected chi connectivity index (χ3v) is 5.88. The minimum atomic E-state index is -0.273. The highest BCUT2D eigenvalue weighted by molar-refractivity contribution is 6.33. The van der Waals surface area contributed by atoms with Gasteiger partial charge in [-0.1, -0.05) is 54.1 Å². The van der Waals surface area contributed by atoms with E-state index in [1.165, 1.54) is 5.56 Å². The van der Waals surface area contributed by atoms with E-state index in [1.54, 1.807) is 0 Å². The summed E-state index contributed by atoms with van der Waals surface area (Å²) in [5.41, 5.74) is 2.43. The third kappa shape index (κ3) is 3.89. The molecule has 2 atom stereocenters. The number of piperazine rings is 1. The Morgan fingerprint density at radius 3 is 2.31 bits per heavy atom. The molecule has 2 heterocycles. The molecule has 2 aliphatic rings. The third-order valence-electron chi connectivity index (χ3n) is 5.56. The molecular weight excluding hydrogens is 346 g/mol. The van der Waals surface area contributed by atoms with Gasteiger partial charge in [-0.3, -0.25) is 9.80 Å². The average Bonchev–Trinajstić information content (AvgIpc) is 3.03. The van der Waals surface area contributed by atoms with Gasteiger partial charge < -0.3 is 10.0 Å². The fraction of sp³-hybridized carbons (Fsp3) is 0.429. The minimum absolute atomic E-state index is 0.229. The Kier molecular flexibility index (Phi) is 5.46. The maximum atomic E-state index is 10.6. The Hall–Kier alpha value is -1.59. The zero-order valence-electron chi connectivity index (χ0n) is 15.0. The molecule has 0 spiro atoms. The van der Waals surface area contributed by atoms with Crippen molar-refractivity contribution in [2.45, 2.75) is 18.7 Å². The summed E-state index contributed by atoms with van der Waals surface area (Å²) >= 11 is 6.34. The number of anilines is 1. The number of halogens is 1. The van der Waals surface area contributed by atoms with Gasteiger partial charge in [0.15, 0.2) is 0 Å². The van der Waals surface area contributed by atoms with Crippen LogP contribution >= 0.6 is 11.6 Å². The normalized spacial score (nSPS) is 24.9. The quantitative estimate of drug-likeness (QED) is 0.895. The van der Waals surface area contributed by atoms with E-state index in [2.05, 4.69) is 45.0 Å². The van der Waals surface area contributed by atoms with Crippen molar-refractivity contribution in [3.8, 4) is 0 Å². The fourth-order valence-corrected chi connectivity index (χ4v) is 4.43. The number of para-hydroxylation sites is 1. The summed E-state index contributed by atoms with van der Waals surface area (Å²) in [5, 5.41) is 11.4. The van der Waals surface area contributed by atoms with Crippen LogP contribution in [0, 0.1) is 0 Å². The van der Waals surface area contributed by atoms with Crippen LogP contribution in [-0.4, -0.2) is 66.3 Å². The first kappa shape index (κ1) is 17.8. The van der Waals surface area contributed by atoms with Crippen LogP contribution in [0.4, 0.5) is 5.69 Å². The lowest BCUT2D eigenvalue weighted by Crippen LogP contribution is -2.53. The van der Waals surface area contributed by atoms with Gasteiger partial charge in [-0.05, 0) is 17.7 Å². The van der Waals surface area contributed by atoms with Gasteiger partial charge in [-0.25, -0.2) is 0 Å². The van der Waals surface area contributed by atoms with Crippen LogP contribution in [0.25, 0.3) is 0 Å². The van der Waals surface area contributed by atoms with Crippen molar-refractivity contribution in [1.29, 1.82) is 0 Å². The molecular formula is C21H26ClN3O. The Labute approximate surface area is 160 Å². The van der Waals surface area contributed by atoms with E-state index in [4.69, 9.17) is 11.6 Å². The smallest absolute Gasteiger partial charge is 0.0834 e.